The molecule has 130 valence electrons. The predicted octanol–water partition coefficient (Wildman–Crippen LogP) is 5.52. The van der Waals surface area contributed by atoms with Gasteiger partial charge in [0.25, 0.3) is 0 Å². The summed E-state index contributed by atoms with van der Waals surface area (Å²) in [7, 11) is 0. The van der Waals surface area contributed by atoms with Crippen molar-refractivity contribution in [1.82, 2.24) is 4.98 Å². The molecule has 1 rings (SSSR count). The van der Waals surface area contributed by atoms with Gasteiger partial charge in [-0.1, -0.05) is 69.7 Å². The van der Waals surface area contributed by atoms with E-state index in [9.17, 15) is 5.11 Å². The minimum atomic E-state index is -0.627. The maximum Gasteiger partial charge on any atom is 0.118 e. The van der Waals surface area contributed by atoms with Crippen molar-refractivity contribution < 1.29 is 5.11 Å². The lowest BCUT2D eigenvalue weighted by Gasteiger charge is -1.98. The molecule has 0 aromatic carbocycles. The number of aliphatic hydroxyl groups is 1. The smallest absolute Gasteiger partial charge is 0.118 e. The molecular formula is C22H31NO. The number of aliphatic hydroxyl groups excluding tert-OH is 1. The molecular weight excluding hydrogens is 294 g/mol. The van der Waals surface area contributed by atoms with Crippen molar-refractivity contribution in [3.8, 4) is 11.8 Å². The van der Waals surface area contributed by atoms with Crippen LogP contribution in [-0.2, 0) is 0 Å². The molecule has 1 N–H and O–H groups in total. The zero-order chi connectivity index (χ0) is 17.5. The molecule has 2 heteroatoms. The third kappa shape index (κ3) is 10.0. The molecule has 0 spiro atoms. The maximum absolute atomic E-state index is 9.92. The Morgan fingerprint density at radius 3 is 2.62 bits per heavy atom. The zero-order valence-electron chi connectivity index (χ0n) is 15.2. The van der Waals surface area contributed by atoms with E-state index in [1.54, 1.807) is 0 Å². The highest BCUT2D eigenvalue weighted by Crippen LogP contribution is 2.04. The van der Waals surface area contributed by atoms with Crippen LogP contribution in [0.4, 0.5) is 0 Å². The molecule has 2 nitrogen and oxygen atoms in total. The summed E-state index contributed by atoms with van der Waals surface area (Å²) in [6, 6.07) is 5.81. The van der Waals surface area contributed by atoms with Gasteiger partial charge in [-0.15, -0.1) is 0 Å². The number of allylic oxidation sites excluding steroid dienone is 2. The van der Waals surface area contributed by atoms with Crippen molar-refractivity contribution in [3.63, 3.8) is 0 Å². The summed E-state index contributed by atoms with van der Waals surface area (Å²) in [6.45, 7) is 4.39. The predicted molar refractivity (Wildman–Crippen MR) is 104 cm³/mol. The van der Waals surface area contributed by atoms with Crippen LogP contribution < -0.4 is 0 Å². The summed E-state index contributed by atoms with van der Waals surface area (Å²) < 4.78 is 0. The van der Waals surface area contributed by atoms with E-state index in [0.717, 1.165) is 18.5 Å². The van der Waals surface area contributed by atoms with Crippen molar-refractivity contribution in [2.45, 2.75) is 71.3 Å². The second-order valence-corrected chi connectivity index (χ2v) is 5.98. The van der Waals surface area contributed by atoms with Crippen LogP contribution in [0.25, 0.3) is 6.08 Å². The van der Waals surface area contributed by atoms with Gasteiger partial charge in [0.2, 0.25) is 0 Å². The highest BCUT2D eigenvalue weighted by atomic mass is 16.3. The van der Waals surface area contributed by atoms with Crippen molar-refractivity contribution in [1.29, 1.82) is 0 Å². The van der Waals surface area contributed by atoms with Crippen LogP contribution in [0.3, 0.4) is 0 Å². The lowest BCUT2D eigenvalue weighted by atomic mass is 10.1. The molecule has 0 amide bonds. The minimum Gasteiger partial charge on any atom is -0.380 e. The SMILES string of the molecule is CCCC/C=C\c1cccc(C#CC(O)C/C=C\CCCCC)n1. The van der Waals surface area contributed by atoms with Gasteiger partial charge in [0, 0.05) is 6.42 Å². The topological polar surface area (TPSA) is 33.1 Å². The molecule has 1 heterocycles. The molecule has 0 saturated heterocycles. The zero-order valence-corrected chi connectivity index (χ0v) is 15.2. The molecule has 1 aromatic heterocycles. The van der Waals surface area contributed by atoms with Crippen LogP contribution in [0.15, 0.2) is 36.4 Å². The van der Waals surface area contributed by atoms with Crippen LogP contribution in [0, 0.1) is 11.8 Å². The van der Waals surface area contributed by atoms with Crippen molar-refractivity contribution in [2.75, 3.05) is 0 Å². The minimum absolute atomic E-state index is 0.579. The van der Waals surface area contributed by atoms with Gasteiger partial charge in [-0.05, 0) is 43.4 Å². The molecule has 1 unspecified atom stereocenters. The lowest BCUT2D eigenvalue weighted by molar-refractivity contribution is 0.236. The number of pyridine rings is 1. The number of rotatable bonds is 10. The van der Waals surface area contributed by atoms with E-state index in [1.807, 2.05) is 30.4 Å². The van der Waals surface area contributed by atoms with Gasteiger partial charge in [-0.3, -0.25) is 0 Å². The fourth-order valence-corrected chi connectivity index (χ4v) is 2.21. The normalized spacial score (nSPS) is 12.5. The number of aromatic nitrogens is 1. The Hall–Kier alpha value is -1.85. The van der Waals surface area contributed by atoms with E-state index < -0.39 is 6.10 Å². The number of unbranched alkanes of at least 4 members (excludes halogenated alkanes) is 5. The van der Waals surface area contributed by atoms with Crippen molar-refractivity contribution in [2.24, 2.45) is 0 Å². The van der Waals surface area contributed by atoms with Gasteiger partial charge < -0.3 is 5.11 Å². The van der Waals surface area contributed by atoms with Gasteiger partial charge >= 0.3 is 0 Å². The van der Waals surface area contributed by atoms with Crippen molar-refractivity contribution in [3.05, 3.63) is 47.8 Å². The monoisotopic (exact) mass is 325 g/mol. The second kappa shape index (κ2) is 13.6. The first kappa shape index (κ1) is 20.2. The molecule has 0 aliphatic rings. The average molecular weight is 325 g/mol. The van der Waals surface area contributed by atoms with Gasteiger partial charge in [-0.2, -0.15) is 0 Å². The lowest BCUT2D eigenvalue weighted by Crippen LogP contribution is -2.00. The van der Waals surface area contributed by atoms with E-state index >= 15 is 0 Å². The number of nitrogens with zero attached hydrogens (tertiary/aromatic N) is 1. The second-order valence-electron chi connectivity index (χ2n) is 5.98. The molecule has 0 aliphatic carbocycles. The Bertz CT molecular complexity index is 563. The van der Waals surface area contributed by atoms with Gasteiger partial charge in [0.15, 0.2) is 0 Å². The van der Waals surface area contributed by atoms with Crippen LogP contribution in [-0.4, -0.2) is 16.2 Å². The largest absolute Gasteiger partial charge is 0.380 e. The van der Waals surface area contributed by atoms with E-state index in [1.165, 1.54) is 32.1 Å². The average Bonchev–Trinajstić information content (AvgIpc) is 2.60. The summed E-state index contributed by atoms with van der Waals surface area (Å²) in [5.74, 6) is 5.84. The standard InChI is InChI=1S/C22H31NO/c1-3-5-7-9-10-12-17-22(24)19-18-21-16-13-15-20(23-21)14-11-8-6-4-2/h10-16,22,24H,3-9,17H2,1-2H3/b12-10-,14-11-. The summed E-state index contributed by atoms with van der Waals surface area (Å²) in [5, 5.41) is 9.92. The Balaban J connectivity index is 2.45. The highest BCUT2D eigenvalue weighted by Gasteiger charge is 1.96. The molecule has 1 atom stereocenters. The van der Waals surface area contributed by atoms with E-state index in [4.69, 9.17) is 0 Å². The van der Waals surface area contributed by atoms with E-state index in [0.29, 0.717) is 12.1 Å². The molecule has 0 fully saturated rings. The molecule has 1 aromatic rings. The Morgan fingerprint density at radius 2 is 1.83 bits per heavy atom. The molecule has 0 bridgehead atoms. The first-order valence-electron chi connectivity index (χ1n) is 9.24. The summed E-state index contributed by atoms with van der Waals surface area (Å²) >= 11 is 0. The molecule has 0 radical (unpaired) electrons. The fourth-order valence-electron chi connectivity index (χ4n) is 2.21. The van der Waals surface area contributed by atoms with E-state index in [-0.39, 0.29) is 0 Å². The third-order valence-electron chi connectivity index (χ3n) is 3.65. The summed E-state index contributed by atoms with van der Waals surface area (Å²) in [4.78, 5) is 4.48. The Labute approximate surface area is 147 Å². The van der Waals surface area contributed by atoms with Crippen LogP contribution in [0.2, 0.25) is 0 Å². The van der Waals surface area contributed by atoms with Crippen LogP contribution in [0.1, 0.15) is 76.6 Å². The molecule has 0 aliphatic heterocycles. The van der Waals surface area contributed by atoms with E-state index in [2.05, 4.69) is 42.8 Å². The van der Waals surface area contributed by atoms with Gasteiger partial charge in [0.05, 0.1) is 5.69 Å². The highest BCUT2D eigenvalue weighted by molar-refractivity contribution is 5.46. The summed E-state index contributed by atoms with van der Waals surface area (Å²) in [6.07, 6.45) is 16.6. The van der Waals surface area contributed by atoms with Crippen LogP contribution >= 0.6 is 0 Å². The quantitative estimate of drug-likeness (QED) is 0.349. The maximum atomic E-state index is 9.92. The molecule has 0 saturated carbocycles. The van der Waals surface area contributed by atoms with Crippen LogP contribution in [0.5, 0.6) is 0 Å². The van der Waals surface area contributed by atoms with Gasteiger partial charge in [-0.25, -0.2) is 4.98 Å². The molecule has 24 heavy (non-hydrogen) atoms. The first-order chi connectivity index (χ1) is 11.8. The van der Waals surface area contributed by atoms with Gasteiger partial charge in [0.1, 0.15) is 11.8 Å². The number of hydrogen-bond acceptors (Lipinski definition) is 2. The van der Waals surface area contributed by atoms with Crippen molar-refractivity contribution >= 4 is 6.08 Å². The summed E-state index contributed by atoms with van der Waals surface area (Å²) in [5.41, 5.74) is 1.63. The third-order valence-corrected chi connectivity index (χ3v) is 3.65. The number of hydrogen-bond donors (Lipinski definition) is 1. The Morgan fingerprint density at radius 1 is 1.04 bits per heavy atom. The first-order valence-corrected chi connectivity index (χ1v) is 9.24. The Kier molecular flexibility index (Phi) is 11.4. The fraction of sp³-hybridized carbons (Fsp3) is 0.500.